The third-order valence-electron chi connectivity index (χ3n) is 3.81. The Labute approximate surface area is 122 Å². The molecule has 0 saturated heterocycles. The molecule has 0 bridgehead atoms. The van der Waals surface area contributed by atoms with Gasteiger partial charge < -0.3 is 9.64 Å². The lowest BCUT2D eigenvalue weighted by Gasteiger charge is -2.18. The van der Waals surface area contributed by atoms with Gasteiger partial charge in [-0.2, -0.15) is 5.10 Å². The SMILES string of the molecule is CN(Cc1ccc2c(c1)CCO2)c1ccn2nccc2n1. The number of benzene rings is 1. The van der Waals surface area contributed by atoms with Crippen LogP contribution in [0.25, 0.3) is 5.65 Å². The molecule has 5 nitrogen and oxygen atoms in total. The summed E-state index contributed by atoms with van der Waals surface area (Å²) in [6.45, 7) is 1.62. The first kappa shape index (κ1) is 12.2. The fourth-order valence-corrected chi connectivity index (χ4v) is 2.71. The van der Waals surface area contributed by atoms with Gasteiger partial charge in [-0.3, -0.25) is 0 Å². The summed E-state index contributed by atoms with van der Waals surface area (Å²) in [5.74, 6) is 1.97. The van der Waals surface area contributed by atoms with Crippen LogP contribution in [-0.2, 0) is 13.0 Å². The van der Waals surface area contributed by atoms with Crippen molar-refractivity contribution in [3.63, 3.8) is 0 Å². The fourth-order valence-electron chi connectivity index (χ4n) is 2.71. The summed E-state index contributed by atoms with van der Waals surface area (Å²) in [5, 5.41) is 4.16. The van der Waals surface area contributed by atoms with Crippen LogP contribution in [0.2, 0.25) is 0 Å². The van der Waals surface area contributed by atoms with Crippen LogP contribution in [0.15, 0.2) is 42.7 Å². The van der Waals surface area contributed by atoms with Gasteiger partial charge in [0.25, 0.3) is 0 Å². The van der Waals surface area contributed by atoms with Gasteiger partial charge in [0.05, 0.1) is 12.8 Å². The number of nitrogens with zero attached hydrogens (tertiary/aromatic N) is 4. The third-order valence-corrected chi connectivity index (χ3v) is 3.81. The Balaban J connectivity index is 1.58. The van der Waals surface area contributed by atoms with E-state index >= 15 is 0 Å². The Morgan fingerprint density at radius 1 is 1.29 bits per heavy atom. The van der Waals surface area contributed by atoms with Gasteiger partial charge in [-0.1, -0.05) is 12.1 Å². The van der Waals surface area contributed by atoms with Crippen LogP contribution in [0.5, 0.6) is 5.75 Å². The minimum atomic E-state index is 0.800. The average Bonchev–Trinajstić information content (AvgIpc) is 3.14. The summed E-state index contributed by atoms with van der Waals surface area (Å²) in [5.41, 5.74) is 3.44. The molecular weight excluding hydrogens is 264 g/mol. The second-order valence-corrected chi connectivity index (χ2v) is 5.32. The predicted octanol–water partition coefficient (Wildman–Crippen LogP) is 2.30. The standard InChI is InChI=1S/C16H16N4O/c1-19(15-5-8-20-16(18-15)4-7-17-20)11-12-2-3-14-13(10-12)6-9-21-14/h2-5,7-8,10H,6,9,11H2,1H3. The van der Waals surface area contributed by atoms with Crippen molar-refractivity contribution >= 4 is 11.5 Å². The molecule has 0 N–H and O–H groups in total. The van der Waals surface area contributed by atoms with Gasteiger partial charge >= 0.3 is 0 Å². The minimum Gasteiger partial charge on any atom is -0.493 e. The van der Waals surface area contributed by atoms with E-state index in [-0.39, 0.29) is 0 Å². The quantitative estimate of drug-likeness (QED) is 0.738. The van der Waals surface area contributed by atoms with Crippen molar-refractivity contribution in [2.45, 2.75) is 13.0 Å². The Morgan fingerprint density at radius 3 is 3.19 bits per heavy atom. The molecule has 0 fully saturated rings. The van der Waals surface area contributed by atoms with E-state index in [1.807, 2.05) is 18.3 Å². The number of ether oxygens (including phenoxy) is 1. The molecule has 21 heavy (non-hydrogen) atoms. The maximum atomic E-state index is 5.55. The van der Waals surface area contributed by atoms with E-state index in [0.29, 0.717) is 0 Å². The van der Waals surface area contributed by atoms with Crippen molar-refractivity contribution in [1.82, 2.24) is 14.6 Å². The molecule has 0 atom stereocenters. The van der Waals surface area contributed by atoms with Crippen molar-refractivity contribution < 1.29 is 4.74 Å². The van der Waals surface area contributed by atoms with Gasteiger partial charge in [0.1, 0.15) is 11.6 Å². The molecular formula is C16H16N4O. The Hall–Kier alpha value is -2.56. The highest BCUT2D eigenvalue weighted by Gasteiger charge is 2.13. The zero-order chi connectivity index (χ0) is 14.2. The zero-order valence-electron chi connectivity index (χ0n) is 11.9. The molecule has 0 spiro atoms. The second kappa shape index (κ2) is 4.77. The first-order chi connectivity index (χ1) is 10.3. The third kappa shape index (κ3) is 2.20. The largest absolute Gasteiger partial charge is 0.493 e. The summed E-state index contributed by atoms with van der Waals surface area (Å²) >= 11 is 0. The molecule has 0 unspecified atom stereocenters. The van der Waals surface area contributed by atoms with Crippen molar-refractivity contribution in [1.29, 1.82) is 0 Å². The summed E-state index contributed by atoms with van der Waals surface area (Å²) in [6, 6.07) is 10.3. The molecule has 0 aliphatic carbocycles. The summed E-state index contributed by atoms with van der Waals surface area (Å²) in [4.78, 5) is 6.75. The number of hydrogen-bond donors (Lipinski definition) is 0. The van der Waals surface area contributed by atoms with Gasteiger partial charge in [0.15, 0.2) is 5.65 Å². The fraction of sp³-hybridized carbons (Fsp3) is 0.250. The second-order valence-electron chi connectivity index (χ2n) is 5.32. The first-order valence-corrected chi connectivity index (χ1v) is 7.06. The highest BCUT2D eigenvalue weighted by Crippen LogP contribution is 2.26. The normalized spacial score (nSPS) is 13.2. The molecule has 0 amide bonds. The highest BCUT2D eigenvalue weighted by molar-refractivity contribution is 5.48. The molecule has 1 aromatic carbocycles. The van der Waals surface area contributed by atoms with Crippen LogP contribution in [0.1, 0.15) is 11.1 Å². The van der Waals surface area contributed by atoms with Crippen molar-refractivity contribution in [3.05, 3.63) is 53.9 Å². The monoisotopic (exact) mass is 280 g/mol. The van der Waals surface area contributed by atoms with Crippen LogP contribution in [0.4, 0.5) is 5.82 Å². The van der Waals surface area contributed by atoms with E-state index in [0.717, 1.165) is 36.8 Å². The van der Waals surface area contributed by atoms with Crippen LogP contribution in [0, 0.1) is 0 Å². The number of anilines is 1. The average molecular weight is 280 g/mol. The van der Waals surface area contributed by atoms with Crippen LogP contribution >= 0.6 is 0 Å². The van der Waals surface area contributed by atoms with Gasteiger partial charge in [-0.15, -0.1) is 0 Å². The van der Waals surface area contributed by atoms with E-state index in [1.54, 1.807) is 10.7 Å². The summed E-state index contributed by atoms with van der Waals surface area (Å²) < 4.78 is 7.31. The zero-order valence-corrected chi connectivity index (χ0v) is 11.9. The van der Waals surface area contributed by atoms with E-state index in [4.69, 9.17) is 4.74 Å². The smallest absolute Gasteiger partial charge is 0.157 e. The van der Waals surface area contributed by atoms with Gasteiger partial charge in [0, 0.05) is 32.3 Å². The lowest BCUT2D eigenvalue weighted by molar-refractivity contribution is 0.357. The van der Waals surface area contributed by atoms with Gasteiger partial charge in [0.2, 0.25) is 0 Å². The summed E-state index contributed by atoms with van der Waals surface area (Å²) in [6.07, 6.45) is 4.70. The molecule has 2 aromatic heterocycles. The first-order valence-electron chi connectivity index (χ1n) is 7.06. The van der Waals surface area contributed by atoms with Crippen LogP contribution in [0.3, 0.4) is 0 Å². The molecule has 4 rings (SSSR count). The van der Waals surface area contributed by atoms with Crippen molar-refractivity contribution in [3.8, 4) is 5.75 Å². The summed E-state index contributed by atoms with van der Waals surface area (Å²) in [7, 11) is 2.05. The number of aromatic nitrogens is 3. The Morgan fingerprint density at radius 2 is 2.24 bits per heavy atom. The van der Waals surface area contributed by atoms with E-state index in [9.17, 15) is 0 Å². The molecule has 0 saturated carbocycles. The van der Waals surface area contributed by atoms with Crippen molar-refractivity contribution in [2.24, 2.45) is 0 Å². The van der Waals surface area contributed by atoms with E-state index in [2.05, 4.69) is 40.2 Å². The molecule has 3 aromatic rings. The maximum Gasteiger partial charge on any atom is 0.157 e. The molecule has 3 heterocycles. The van der Waals surface area contributed by atoms with E-state index < -0.39 is 0 Å². The lowest BCUT2D eigenvalue weighted by Crippen LogP contribution is -2.18. The maximum absolute atomic E-state index is 5.55. The van der Waals surface area contributed by atoms with Gasteiger partial charge in [-0.05, 0) is 23.3 Å². The molecule has 1 aliphatic rings. The van der Waals surface area contributed by atoms with Crippen LogP contribution < -0.4 is 9.64 Å². The highest BCUT2D eigenvalue weighted by atomic mass is 16.5. The molecule has 106 valence electrons. The molecule has 1 aliphatic heterocycles. The van der Waals surface area contributed by atoms with Crippen molar-refractivity contribution in [2.75, 3.05) is 18.6 Å². The van der Waals surface area contributed by atoms with Crippen LogP contribution in [-0.4, -0.2) is 28.3 Å². The Kier molecular flexibility index (Phi) is 2.77. The number of rotatable bonds is 3. The topological polar surface area (TPSA) is 42.7 Å². The van der Waals surface area contributed by atoms with Gasteiger partial charge in [-0.25, -0.2) is 9.50 Å². The predicted molar refractivity (Wildman–Crippen MR) is 80.7 cm³/mol. The van der Waals surface area contributed by atoms with E-state index in [1.165, 1.54) is 11.1 Å². The Bertz CT molecular complexity index is 796. The number of hydrogen-bond acceptors (Lipinski definition) is 4. The molecule has 0 radical (unpaired) electrons. The minimum absolute atomic E-state index is 0.800. The lowest BCUT2D eigenvalue weighted by atomic mass is 10.1. The molecule has 5 heteroatoms. The number of fused-ring (bicyclic) bond motifs is 2.